The summed E-state index contributed by atoms with van der Waals surface area (Å²) in [7, 11) is 0. The molecule has 1 saturated carbocycles. The summed E-state index contributed by atoms with van der Waals surface area (Å²) >= 11 is 0. The number of hydrogen-bond acceptors (Lipinski definition) is 3. The van der Waals surface area contributed by atoms with Crippen LogP contribution in [0.25, 0.3) is 0 Å². The van der Waals surface area contributed by atoms with Crippen molar-refractivity contribution in [2.75, 3.05) is 29.9 Å². The van der Waals surface area contributed by atoms with Gasteiger partial charge >= 0.3 is 0 Å². The number of rotatable bonds is 4. The lowest BCUT2D eigenvalue weighted by Gasteiger charge is -2.33. The Labute approximate surface area is 143 Å². The third-order valence-electron chi connectivity index (χ3n) is 5.67. The fourth-order valence-electron chi connectivity index (χ4n) is 3.96. The van der Waals surface area contributed by atoms with Crippen molar-refractivity contribution in [3.63, 3.8) is 0 Å². The van der Waals surface area contributed by atoms with Crippen LogP contribution in [-0.2, 0) is 0 Å². The highest BCUT2D eigenvalue weighted by atomic mass is 19.1. The summed E-state index contributed by atoms with van der Waals surface area (Å²) in [4.78, 5) is 1.85. The maximum absolute atomic E-state index is 14.5. The van der Waals surface area contributed by atoms with Crippen molar-refractivity contribution in [3.05, 3.63) is 23.8 Å². The van der Waals surface area contributed by atoms with Gasteiger partial charge in [-0.25, -0.2) is 8.78 Å². The van der Waals surface area contributed by atoms with Crippen LogP contribution in [0, 0.1) is 23.5 Å². The highest BCUT2D eigenvalue weighted by molar-refractivity contribution is 5.58. The molecule has 3 N–H and O–H groups in total. The van der Waals surface area contributed by atoms with E-state index >= 15 is 0 Å². The smallest absolute Gasteiger partial charge is 0.151 e. The van der Waals surface area contributed by atoms with Gasteiger partial charge < -0.3 is 16.0 Å². The number of nitrogens with two attached hydrogens (primary N) is 1. The summed E-state index contributed by atoms with van der Waals surface area (Å²) in [6.45, 7) is 4.38. The molecule has 0 spiro atoms. The Morgan fingerprint density at radius 2 is 1.62 bits per heavy atom. The predicted octanol–water partition coefficient (Wildman–Crippen LogP) is 4.13. The van der Waals surface area contributed by atoms with Gasteiger partial charge in [-0.1, -0.05) is 6.92 Å². The second-order valence-electron chi connectivity index (χ2n) is 7.56. The van der Waals surface area contributed by atoms with Crippen molar-refractivity contribution in [3.8, 4) is 0 Å². The molecule has 0 radical (unpaired) electrons. The first-order valence-corrected chi connectivity index (χ1v) is 9.27. The number of nitrogens with zero attached hydrogens (tertiary/aromatic N) is 1. The van der Waals surface area contributed by atoms with Gasteiger partial charge in [-0.3, -0.25) is 0 Å². The van der Waals surface area contributed by atoms with Crippen LogP contribution in [0.1, 0.15) is 45.4 Å². The number of halogens is 2. The minimum atomic E-state index is -0.456. The molecule has 0 unspecified atom stereocenters. The Hall–Kier alpha value is -1.36. The van der Waals surface area contributed by atoms with Crippen molar-refractivity contribution in [1.82, 2.24) is 0 Å². The van der Waals surface area contributed by atoms with E-state index in [0.717, 1.165) is 58.2 Å². The second kappa shape index (κ2) is 7.68. The van der Waals surface area contributed by atoms with Gasteiger partial charge in [0.25, 0.3) is 0 Å². The molecule has 2 aliphatic rings. The van der Waals surface area contributed by atoms with Gasteiger partial charge in [-0.05, 0) is 69.0 Å². The predicted molar refractivity (Wildman–Crippen MR) is 95.4 cm³/mol. The van der Waals surface area contributed by atoms with Crippen molar-refractivity contribution in [1.29, 1.82) is 0 Å². The lowest BCUT2D eigenvalue weighted by atomic mass is 9.86. The molecule has 1 aliphatic heterocycles. The van der Waals surface area contributed by atoms with E-state index in [9.17, 15) is 8.78 Å². The minimum absolute atomic E-state index is 0.138. The Kier molecular flexibility index (Phi) is 5.59. The Bertz CT molecular complexity index is 525. The molecule has 5 heteroatoms. The number of anilines is 2. The summed E-state index contributed by atoms with van der Waals surface area (Å²) < 4.78 is 29.1. The standard InChI is InChI=1S/C19H29F2N3/c1-13-6-8-24(9-7-13)19-17(20)10-16(11-18(19)21)23-15-4-2-14(12-22)3-5-15/h10-11,13-15,23H,2-9,12,22H2,1H3. The van der Waals surface area contributed by atoms with Crippen LogP contribution in [0.2, 0.25) is 0 Å². The second-order valence-corrected chi connectivity index (χ2v) is 7.56. The maximum Gasteiger partial charge on any atom is 0.151 e. The highest BCUT2D eigenvalue weighted by Gasteiger charge is 2.24. The molecular formula is C19H29F2N3. The maximum atomic E-state index is 14.5. The molecule has 0 aromatic heterocycles. The van der Waals surface area contributed by atoms with Crippen LogP contribution in [0.4, 0.5) is 20.2 Å². The molecule has 24 heavy (non-hydrogen) atoms. The zero-order valence-corrected chi connectivity index (χ0v) is 14.5. The first-order valence-electron chi connectivity index (χ1n) is 9.27. The molecule has 0 atom stereocenters. The highest BCUT2D eigenvalue weighted by Crippen LogP contribution is 2.32. The third-order valence-corrected chi connectivity index (χ3v) is 5.67. The Morgan fingerprint density at radius 3 is 2.17 bits per heavy atom. The molecule has 2 fully saturated rings. The molecule has 3 nitrogen and oxygen atoms in total. The van der Waals surface area contributed by atoms with Crippen molar-refractivity contribution in [2.45, 2.75) is 51.5 Å². The molecule has 0 bridgehead atoms. The van der Waals surface area contributed by atoms with Crippen LogP contribution in [-0.4, -0.2) is 25.7 Å². The van der Waals surface area contributed by atoms with Gasteiger partial charge in [-0.15, -0.1) is 0 Å². The molecule has 1 saturated heterocycles. The Balaban J connectivity index is 1.66. The van der Waals surface area contributed by atoms with Crippen LogP contribution in [0.15, 0.2) is 12.1 Å². The van der Waals surface area contributed by atoms with Crippen molar-refractivity contribution >= 4 is 11.4 Å². The zero-order valence-electron chi connectivity index (χ0n) is 14.5. The van der Waals surface area contributed by atoms with Gasteiger partial charge in [0.05, 0.1) is 0 Å². The van der Waals surface area contributed by atoms with Crippen LogP contribution in [0.5, 0.6) is 0 Å². The Morgan fingerprint density at radius 1 is 1.04 bits per heavy atom. The molecule has 1 aromatic rings. The van der Waals surface area contributed by atoms with Crippen molar-refractivity contribution in [2.24, 2.45) is 17.6 Å². The van der Waals surface area contributed by atoms with Crippen molar-refractivity contribution < 1.29 is 8.78 Å². The summed E-state index contributed by atoms with van der Waals surface area (Å²) in [6, 6.07) is 3.19. The number of nitrogens with one attached hydrogen (secondary N) is 1. The SMILES string of the molecule is CC1CCN(c2c(F)cc(NC3CCC(CN)CC3)cc2F)CC1. The zero-order chi connectivity index (χ0) is 17.1. The minimum Gasteiger partial charge on any atom is -0.382 e. The van der Waals surface area contributed by atoms with Gasteiger partial charge in [0.15, 0.2) is 11.6 Å². The van der Waals surface area contributed by atoms with Crippen LogP contribution >= 0.6 is 0 Å². The number of benzene rings is 1. The fraction of sp³-hybridized carbons (Fsp3) is 0.684. The van der Waals surface area contributed by atoms with Crippen LogP contribution < -0.4 is 16.0 Å². The normalized spacial score (nSPS) is 25.8. The molecule has 1 aliphatic carbocycles. The fourth-order valence-corrected chi connectivity index (χ4v) is 3.96. The van der Waals surface area contributed by atoms with E-state index in [1.807, 2.05) is 4.90 Å². The quantitative estimate of drug-likeness (QED) is 0.868. The molecule has 1 heterocycles. The monoisotopic (exact) mass is 337 g/mol. The van der Waals surface area contributed by atoms with Gasteiger partial charge in [0.2, 0.25) is 0 Å². The topological polar surface area (TPSA) is 41.3 Å². The first kappa shape index (κ1) is 17.5. The third kappa shape index (κ3) is 4.00. The van der Waals surface area contributed by atoms with E-state index in [0.29, 0.717) is 17.5 Å². The van der Waals surface area contributed by atoms with E-state index in [1.54, 1.807) is 0 Å². The molecule has 3 rings (SSSR count). The van der Waals surface area contributed by atoms with E-state index in [2.05, 4.69) is 12.2 Å². The van der Waals surface area contributed by atoms with E-state index in [1.165, 1.54) is 12.1 Å². The summed E-state index contributed by atoms with van der Waals surface area (Å²) in [6.07, 6.45) is 6.17. The summed E-state index contributed by atoms with van der Waals surface area (Å²) in [5, 5.41) is 3.31. The molecular weight excluding hydrogens is 308 g/mol. The number of piperidine rings is 1. The summed E-state index contributed by atoms with van der Waals surface area (Å²) in [5.41, 5.74) is 6.40. The summed E-state index contributed by atoms with van der Waals surface area (Å²) in [5.74, 6) is 0.322. The van der Waals surface area contributed by atoms with Crippen LogP contribution in [0.3, 0.4) is 0 Å². The lowest BCUT2D eigenvalue weighted by Crippen LogP contribution is -2.34. The molecule has 1 aromatic carbocycles. The average molecular weight is 337 g/mol. The van der Waals surface area contributed by atoms with E-state index in [-0.39, 0.29) is 11.7 Å². The van der Waals surface area contributed by atoms with E-state index in [4.69, 9.17) is 5.73 Å². The van der Waals surface area contributed by atoms with E-state index < -0.39 is 11.6 Å². The first-order chi connectivity index (χ1) is 11.6. The van der Waals surface area contributed by atoms with Gasteiger partial charge in [0, 0.05) is 24.8 Å². The molecule has 134 valence electrons. The number of hydrogen-bond donors (Lipinski definition) is 2. The average Bonchev–Trinajstić information content (AvgIpc) is 2.57. The van der Waals surface area contributed by atoms with Gasteiger partial charge in [-0.2, -0.15) is 0 Å². The van der Waals surface area contributed by atoms with Gasteiger partial charge in [0.1, 0.15) is 5.69 Å². The lowest BCUT2D eigenvalue weighted by molar-refractivity contribution is 0.345. The molecule has 0 amide bonds. The largest absolute Gasteiger partial charge is 0.382 e.